The fraction of sp³-hybridized carbons (Fsp3) is 0.800. The van der Waals surface area contributed by atoms with Crippen LogP contribution in [0.2, 0.25) is 0 Å². The standard InChI is InChI=1S/C10H17NO3/c1-3-7-5-9(12)6-8(4-2)11(7)10(13)14/h7-8H,3-6H2,1-2H3,(H,13,14)/t7-,8+. The molecule has 0 bridgehead atoms. The van der Waals surface area contributed by atoms with Gasteiger partial charge in [0.1, 0.15) is 5.78 Å². The van der Waals surface area contributed by atoms with E-state index in [1.165, 1.54) is 4.90 Å². The lowest BCUT2D eigenvalue weighted by molar-refractivity contribution is -0.124. The Kier molecular flexibility index (Phi) is 3.49. The van der Waals surface area contributed by atoms with Crippen molar-refractivity contribution in [3.63, 3.8) is 0 Å². The number of hydrogen-bond donors (Lipinski definition) is 1. The van der Waals surface area contributed by atoms with Crippen molar-refractivity contribution < 1.29 is 14.7 Å². The van der Waals surface area contributed by atoms with Crippen molar-refractivity contribution >= 4 is 11.9 Å². The molecule has 0 aromatic rings. The summed E-state index contributed by atoms with van der Waals surface area (Å²) in [6, 6.07) is -0.225. The van der Waals surface area contributed by atoms with Crippen LogP contribution in [0.4, 0.5) is 4.79 Å². The normalized spacial score (nSPS) is 27.9. The van der Waals surface area contributed by atoms with Gasteiger partial charge in [-0.15, -0.1) is 0 Å². The van der Waals surface area contributed by atoms with E-state index >= 15 is 0 Å². The van der Waals surface area contributed by atoms with E-state index in [-0.39, 0.29) is 17.9 Å². The van der Waals surface area contributed by atoms with Crippen molar-refractivity contribution in [2.45, 2.75) is 51.6 Å². The summed E-state index contributed by atoms with van der Waals surface area (Å²) >= 11 is 0. The molecule has 1 N–H and O–H groups in total. The Morgan fingerprint density at radius 1 is 1.36 bits per heavy atom. The van der Waals surface area contributed by atoms with Crippen molar-refractivity contribution in [1.29, 1.82) is 0 Å². The smallest absolute Gasteiger partial charge is 0.407 e. The Hall–Kier alpha value is -1.06. The van der Waals surface area contributed by atoms with Crippen LogP contribution in [0.1, 0.15) is 39.5 Å². The second kappa shape index (κ2) is 4.44. The summed E-state index contributed by atoms with van der Waals surface area (Å²) in [6.45, 7) is 3.85. The highest BCUT2D eigenvalue weighted by Crippen LogP contribution is 2.24. The Labute approximate surface area is 83.9 Å². The minimum Gasteiger partial charge on any atom is -0.465 e. The lowest BCUT2D eigenvalue weighted by atomic mass is 9.92. The van der Waals surface area contributed by atoms with E-state index in [1.54, 1.807) is 0 Å². The Morgan fingerprint density at radius 2 is 1.79 bits per heavy atom. The first kappa shape index (κ1) is 11.0. The highest BCUT2D eigenvalue weighted by molar-refractivity contribution is 5.82. The van der Waals surface area contributed by atoms with E-state index in [9.17, 15) is 9.59 Å². The number of carbonyl (C=O) groups excluding carboxylic acids is 1. The molecule has 0 saturated carbocycles. The Balaban J connectivity index is 2.82. The average molecular weight is 199 g/mol. The van der Waals surface area contributed by atoms with E-state index in [1.807, 2.05) is 13.8 Å². The number of hydrogen-bond acceptors (Lipinski definition) is 2. The maximum absolute atomic E-state index is 11.4. The molecule has 1 saturated heterocycles. The van der Waals surface area contributed by atoms with Gasteiger partial charge < -0.3 is 10.0 Å². The first-order valence-corrected chi connectivity index (χ1v) is 5.13. The largest absolute Gasteiger partial charge is 0.465 e. The molecule has 2 atom stereocenters. The first-order valence-electron chi connectivity index (χ1n) is 5.13. The second-order valence-corrected chi connectivity index (χ2v) is 3.76. The van der Waals surface area contributed by atoms with Crippen LogP contribution in [0.15, 0.2) is 0 Å². The number of carbonyl (C=O) groups is 2. The molecule has 14 heavy (non-hydrogen) atoms. The van der Waals surface area contributed by atoms with Gasteiger partial charge in [0.25, 0.3) is 0 Å². The number of carboxylic acid groups (broad SMARTS) is 1. The predicted molar refractivity (Wildman–Crippen MR) is 52.3 cm³/mol. The van der Waals surface area contributed by atoms with Gasteiger partial charge in [0.05, 0.1) is 0 Å². The molecule has 4 nitrogen and oxygen atoms in total. The quantitative estimate of drug-likeness (QED) is 0.738. The lowest BCUT2D eigenvalue weighted by Gasteiger charge is -2.38. The molecule has 0 unspecified atom stereocenters. The van der Waals surface area contributed by atoms with Crippen LogP contribution < -0.4 is 0 Å². The van der Waals surface area contributed by atoms with E-state index in [4.69, 9.17) is 5.11 Å². The van der Waals surface area contributed by atoms with Crippen LogP contribution >= 0.6 is 0 Å². The summed E-state index contributed by atoms with van der Waals surface area (Å²) in [5, 5.41) is 9.04. The minimum atomic E-state index is -0.892. The van der Waals surface area contributed by atoms with Gasteiger partial charge >= 0.3 is 6.09 Å². The third-order valence-corrected chi connectivity index (χ3v) is 2.88. The average Bonchev–Trinajstić information content (AvgIpc) is 2.15. The summed E-state index contributed by atoms with van der Waals surface area (Å²) in [7, 11) is 0. The Bertz CT molecular complexity index is 224. The maximum Gasteiger partial charge on any atom is 0.407 e. The van der Waals surface area contributed by atoms with Crippen molar-refractivity contribution in [3.05, 3.63) is 0 Å². The van der Waals surface area contributed by atoms with Crippen molar-refractivity contribution in [2.75, 3.05) is 0 Å². The summed E-state index contributed by atoms with van der Waals surface area (Å²) in [4.78, 5) is 23.8. The molecule has 1 amide bonds. The van der Waals surface area contributed by atoms with Crippen LogP contribution in [0.3, 0.4) is 0 Å². The third-order valence-electron chi connectivity index (χ3n) is 2.88. The molecular weight excluding hydrogens is 182 g/mol. The van der Waals surface area contributed by atoms with Gasteiger partial charge in [-0.3, -0.25) is 4.79 Å². The second-order valence-electron chi connectivity index (χ2n) is 3.76. The molecule has 0 aromatic heterocycles. The topological polar surface area (TPSA) is 57.6 Å². The van der Waals surface area contributed by atoms with Gasteiger partial charge in [-0.1, -0.05) is 13.8 Å². The number of amides is 1. The third kappa shape index (κ3) is 2.05. The van der Waals surface area contributed by atoms with Crippen LogP contribution in [0.25, 0.3) is 0 Å². The number of piperidine rings is 1. The fourth-order valence-electron chi connectivity index (χ4n) is 2.10. The van der Waals surface area contributed by atoms with E-state index in [0.29, 0.717) is 25.7 Å². The van der Waals surface area contributed by atoms with E-state index < -0.39 is 6.09 Å². The highest BCUT2D eigenvalue weighted by atomic mass is 16.4. The number of ketones is 1. The number of rotatable bonds is 2. The molecular formula is C10H17NO3. The van der Waals surface area contributed by atoms with E-state index in [0.717, 1.165) is 0 Å². The zero-order chi connectivity index (χ0) is 10.7. The van der Waals surface area contributed by atoms with Crippen LogP contribution in [-0.4, -0.2) is 34.0 Å². The summed E-state index contributed by atoms with van der Waals surface area (Å²) in [5.41, 5.74) is 0. The predicted octanol–water partition coefficient (Wildman–Crippen LogP) is 1.89. The van der Waals surface area contributed by atoms with Crippen molar-refractivity contribution in [3.8, 4) is 0 Å². The molecule has 0 spiro atoms. The Morgan fingerprint density at radius 3 is 2.07 bits per heavy atom. The van der Waals surface area contributed by atoms with E-state index in [2.05, 4.69) is 0 Å². The van der Waals surface area contributed by atoms with Gasteiger partial charge in [-0.25, -0.2) is 4.79 Å². The molecule has 0 radical (unpaired) electrons. The van der Waals surface area contributed by atoms with Crippen LogP contribution in [-0.2, 0) is 4.79 Å². The summed E-state index contributed by atoms with van der Waals surface area (Å²) in [5.74, 6) is 0.196. The summed E-state index contributed by atoms with van der Waals surface area (Å²) < 4.78 is 0. The van der Waals surface area contributed by atoms with Gasteiger partial charge in [-0.2, -0.15) is 0 Å². The molecule has 0 aromatic carbocycles. The van der Waals surface area contributed by atoms with Gasteiger partial charge in [0.2, 0.25) is 0 Å². The summed E-state index contributed by atoms with van der Waals surface area (Å²) in [6.07, 6.45) is 1.32. The van der Waals surface area contributed by atoms with Crippen LogP contribution in [0.5, 0.6) is 0 Å². The van der Waals surface area contributed by atoms with Crippen LogP contribution in [0, 0.1) is 0 Å². The lowest BCUT2D eigenvalue weighted by Crippen LogP contribution is -2.51. The monoisotopic (exact) mass is 199 g/mol. The molecule has 1 aliphatic rings. The molecule has 1 heterocycles. The molecule has 80 valence electrons. The number of Topliss-reactive ketones (excluding diaryl/α,β-unsaturated/α-hetero) is 1. The SMILES string of the molecule is CC[C@@H]1CC(=O)C[C@H](CC)N1C(=O)O. The fourth-order valence-corrected chi connectivity index (χ4v) is 2.10. The highest BCUT2D eigenvalue weighted by Gasteiger charge is 2.35. The zero-order valence-electron chi connectivity index (χ0n) is 8.69. The molecule has 0 aliphatic carbocycles. The first-order chi connectivity index (χ1) is 6.60. The minimum absolute atomic E-state index is 0.112. The molecule has 1 rings (SSSR count). The zero-order valence-corrected chi connectivity index (χ0v) is 8.69. The maximum atomic E-state index is 11.4. The molecule has 1 fully saturated rings. The molecule has 4 heteroatoms. The van der Waals surface area contributed by atoms with Gasteiger partial charge in [-0.05, 0) is 12.8 Å². The van der Waals surface area contributed by atoms with Crippen molar-refractivity contribution in [2.24, 2.45) is 0 Å². The van der Waals surface area contributed by atoms with Crippen molar-refractivity contribution in [1.82, 2.24) is 4.90 Å². The van der Waals surface area contributed by atoms with Gasteiger partial charge in [0.15, 0.2) is 0 Å². The number of likely N-dealkylation sites (tertiary alicyclic amines) is 1. The molecule has 1 aliphatic heterocycles. The number of nitrogens with zero attached hydrogens (tertiary/aromatic N) is 1. The van der Waals surface area contributed by atoms with Gasteiger partial charge in [0, 0.05) is 24.9 Å².